The third-order valence-electron chi connectivity index (χ3n) is 4.36. The highest BCUT2D eigenvalue weighted by Crippen LogP contribution is 2.27. The summed E-state index contributed by atoms with van der Waals surface area (Å²) in [5, 5.41) is 2.78. The van der Waals surface area contributed by atoms with Crippen molar-refractivity contribution in [2.24, 2.45) is 4.99 Å². The molecule has 0 saturated heterocycles. The second-order valence-corrected chi connectivity index (χ2v) is 6.91. The summed E-state index contributed by atoms with van der Waals surface area (Å²) in [6.45, 7) is 2.29. The summed E-state index contributed by atoms with van der Waals surface area (Å²) in [7, 11) is 0. The zero-order chi connectivity index (χ0) is 18.3. The number of fused-ring (bicyclic) bond motifs is 1. The maximum absolute atomic E-state index is 14.3. The number of benzene rings is 2. The van der Waals surface area contributed by atoms with Gasteiger partial charge in [-0.2, -0.15) is 0 Å². The second-order valence-electron chi connectivity index (χ2n) is 6.06. The van der Waals surface area contributed by atoms with E-state index in [1.807, 2.05) is 18.2 Å². The molecule has 1 N–H and O–H groups in total. The summed E-state index contributed by atoms with van der Waals surface area (Å²) in [5.41, 5.74) is 4.93. The van der Waals surface area contributed by atoms with Gasteiger partial charge in [-0.15, -0.1) is 0 Å². The Balaban J connectivity index is 1.65. The molecule has 0 aliphatic carbocycles. The summed E-state index contributed by atoms with van der Waals surface area (Å²) >= 11 is 3.12. The van der Waals surface area contributed by atoms with E-state index in [1.165, 1.54) is 0 Å². The number of hydrogen-bond acceptors (Lipinski definition) is 3. The van der Waals surface area contributed by atoms with E-state index < -0.39 is 11.7 Å². The van der Waals surface area contributed by atoms with Crippen molar-refractivity contribution in [3.05, 3.63) is 87.0 Å². The smallest absolute Gasteiger partial charge is 0.258 e. The van der Waals surface area contributed by atoms with Gasteiger partial charge in [0.2, 0.25) is 0 Å². The number of halogens is 2. The second kappa shape index (κ2) is 6.53. The molecule has 1 aliphatic rings. The fraction of sp³-hybridized carbons (Fsp3) is 0.100. The van der Waals surface area contributed by atoms with E-state index in [2.05, 4.69) is 26.2 Å². The van der Waals surface area contributed by atoms with Crippen LogP contribution in [0.3, 0.4) is 0 Å². The number of carbonyl (C=O) groups is 1. The van der Waals surface area contributed by atoms with Crippen molar-refractivity contribution in [3.63, 3.8) is 0 Å². The zero-order valence-corrected chi connectivity index (χ0v) is 15.4. The minimum Gasteiger partial charge on any atom is -0.472 e. The quantitative estimate of drug-likeness (QED) is 0.650. The van der Waals surface area contributed by atoms with Crippen molar-refractivity contribution in [3.8, 4) is 0 Å². The molecule has 1 aliphatic heterocycles. The van der Waals surface area contributed by atoms with Gasteiger partial charge >= 0.3 is 0 Å². The number of aliphatic imine (C=N–C) groups is 1. The lowest BCUT2D eigenvalue weighted by Gasteiger charge is -2.11. The third-order valence-corrected chi connectivity index (χ3v) is 4.97. The minimum absolute atomic E-state index is 0.0311. The van der Waals surface area contributed by atoms with Crippen LogP contribution < -0.4 is 5.32 Å². The van der Waals surface area contributed by atoms with Crippen molar-refractivity contribution >= 4 is 33.2 Å². The van der Waals surface area contributed by atoms with E-state index in [0.29, 0.717) is 17.8 Å². The topological polar surface area (TPSA) is 54.6 Å². The molecule has 1 amide bonds. The number of amides is 1. The van der Waals surface area contributed by atoms with Gasteiger partial charge in [0.1, 0.15) is 5.82 Å². The highest BCUT2D eigenvalue weighted by atomic mass is 79.9. The molecule has 0 spiro atoms. The van der Waals surface area contributed by atoms with E-state index in [1.54, 1.807) is 37.6 Å². The molecule has 0 unspecified atom stereocenters. The molecule has 4 rings (SSSR count). The van der Waals surface area contributed by atoms with Gasteiger partial charge in [0, 0.05) is 16.8 Å². The minimum atomic E-state index is -0.565. The molecule has 6 heteroatoms. The van der Waals surface area contributed by atoms with E-state index in [-0.39, 0.29) is 10.0 Å². The first-order valence-electron chi connectivity index (χ1n) is 8.01. The van der Waals surface area contributed by atoms with Gasteiger partial charge in [0.05, 0.1) is 34.8 Å². The first-order chi connectivity index (χ1) is 12.5. The average molecular weight is 413 g/mol. The molecule has 4 nitrogen and oxygen atoms in total. The van der Waals surface area contributed by atoms with Crippen LogP contribution >= 0.6 is 15.9 Å². The Morgan fingerprint density at radius 1 is 1.27 bits per heavy atom. The maximum atomic E-state index is 14.3. The van der Waals surface area contributed by atoms with Crippen LogP contribution in [-0.2, 0) is 6.54 Å². The van der Waals surface area contributed by atoms with Crippen molar-refractivity contribution in [2.75, 3.05) is 5.32 Å². The lowest BCUT2D eigenvalue weighted by atomic mass is 10.0. The predicted molar refractivity (Wildman–Crippen MR) is 101 cm³/mol. The van der Waals surface area contributed by atoms with Crippen LogP contribution in [-0.4, -0.2) is 11.6 Å². The Bertz CT molecular complexity index is 1040. The summed E-state index contributed by atoms with van der Waals surface area (Å²) in [5.74, 6) is -1.05. The Kier molecular flexibility index (Phi) is 4.20. The molecule has 0 atom stereocenters. The first-order valence-corrected chi connectivity index (χ1v) is 8.80. The number of nitrogens with one attached hydrogen (secondary N) is 1. The Morgan fingerprint density at radius 2 is 2.12 bits per heavy atom. The van der Waals surface area contributed by atoms with E-state index in [4.69, 9.17) is 4.42 Å². The van der Waals surface area contributed by atoms with Crippen molar-refractivity contribution in [1.29, 1.82) is 0 Å². The molecule has 0 radical (unpaired) electrons. The van der Waals surface area contributed by atoms with E-state index in [9.17, 15) is 9.18 Å². The highest BCUT2D eigenvalue weighted by molar-refractivity contribution is 9.10. The molecule has 2 aromatic carbocycles. The van der Waals surface area contributed by atoms with Gasteiger partial charge < -0.3 is 9.73 Å². The molecule has 26 heavy (non-hydrogen) atoms. The van der Waals surface area contributed by atoms with Gasteiger partial charge in [-0.25, -0.2) is 4.39 Å². The number of anilines is 1. The standard InChI is InChI=1S/C20H14BrFN2O2/c1-11-2-5-16(21)18(22)17(11)20(25)24-14-4-3-12-9-23-19(15(12)8-14)13-6-7-26-10-13/h2-8,10H,9H2,1H3,(H,24,25). The van der Waals surface area contributed by atoms with Crippen molar-refractivity contribution < 1.29 is 13.6 Å². The number of furan rings is 1. The van der Waals surface area contributed by atoms with Crippen LogP contribution in [0.25, 0.3) is 0 Å². The highest BCUT2D eigenvalue weighted by Gasteiger charge is 2.21. The number of nitrogens with zero attached hydrogens (tertiary/aromatic N) is 1. The average Bonchev–Trinajstić information content (AvgIpc) is 3.27. The predicted octanol–water partition coefficient (Wildman–Crippen LogP) is 5.09. The molecule has 0 bridgehead atoms. The Morgan fingerprint density at radius 3 is 2.88 bits per heavy atom. The fourth-order valence-electron chi connectivity index (χ4n) is 3.03. The van der Waals surface area contributed by atoms with Crippen LogP contribution in [0, 0.1) is 12.7 Å². The molecule has 0 fully saturated rings. The number of aryl methyl sites for hydroxylation is 1. The van der Waals surface area contributed by atoms with E-state index in [0.717, 1.165) is 22.4 Å². The van der Waals surface area contributed by atoms with Crippen LogP contribution in [0.15, 0.2) is 62.8 Å². The molecule has 1 aromatic heterocycles. The largest absolute Gasteiger partial charge is 0.472 e. The summed E-state index contributed by atoms with van der Waals surface area (Å²) in [6, 6.07) is 10.7. The van der Waals surface area contributed by atoms with Crippen LogP contribution in [0.4, 0.5) is 10.1 Å². The summed E-state index contributed by atoms with van der Waals surface area (Å²) in [6.07, 6.45) is 3.24. The van der Waals surface area contributed by atoms with Gasteiger partial charge in [-0.1, -0.05) is 12.1 Å². The zero-order valence-electron chi connectivity index (χ0n) is 13.8. The number of rotatable bonds is 3. The Hall–Kier alpha value is -2.73. The van der Waals surface area contributed by atoms with Crippen molar-refractivity contribution in [1.82, 2.24) is 0 Å². The van der Waals surface area contributed by atoms with Crippen molar-refractivity contribution in [2.45, 2.75) is 13.5 Å². The lowest BCUT2D eigenvalue weighted by molar-refractivity contribution is 0.102. The first kappa shape index (κ1) is 16.7. The molecule has 130 valence electrons. The molecular formula is C20H14BrFN2O2. The van der Waals surface area contributed by atoms with Crippen LogP contribution in [0.1, 0.15) is 32.6 Å². The number of hydrogen-bond donors (Lipinski definition) is 1. The molecular weight excluding hydrogens is 399 g/mol. The summed E-state index contributed by atoms with van der Waals surface area (Å²) in [4.78, 5) is 17.1. The van der Waals surface area contributed by atoms with Gasteiger partial charge in [0.15, 0.2) is 0 Å². The SMILES string of the molecule is Cc1ccc(Br)c(F)c1C(=O)Nc1ccc2c(c1)C(c1ccoc1)=NC2. The van der Waals surface area contributed by atoms with E-state index >= 15 is 0 Å². The summed E-state index contributed by atoms with van der Waals surface area (Å²) < 4.78 is 19.7. The monoisotopic (exact) mass is 412 g/mol. The number of carbonyl (C=O) groups excluding carboxylic acids is 1. The fourth-order valence-corrected chi connectivity index (χ4v) is 3.36. The maximum Gasteiger partial charge on any atom is 0.258 e. The molecule has 3 aromatic rings. The third kappa shape index (κ3) is 2.86. The van der Waals surface area contributed by atoms with Crippen LogP contribution in [0.2, 0.25) is 0 Å². The lowest BCUT2D eigenvalue weighted by Crippen LogP contribution is -2.16. The van der Waals surface area contributed by atoms with Gasteiger partial charge in [0.25, 0.3) is 5.91 Å². The normalized spacial score (nSPS) is 12.7. The van der Waals surface area contributed by atoms with Gasteiger partial charge in [-0.05, 0) is 58.2 Å². The van der Waals surface area contributed by atoms with Gasteiger partial charge in [-0.3, -0.25) is 9.79 Å². The van der Waals surface area contributed by atoms with Crippen LogP contribution in [0.5, 0.6) is 0 Å². The Labute approximate surface area is 157 Å². The molecule has 2 heterocycles. The molecule has 0 saturated carbocycles.